The molecule has 0 fully saturated rings. The first-order chi connectivity index (χ1) is 9.13. The second-order valence-electron chi connectivity index (χ2n) is 4.52. The Morgan fingerprint density at radius 3 is 2.89 bits per heavy atom. The molecule has 0 atom stereocenters. The smallest absolute Gasteiger partial charge is 0.229 e. The number of thioether (sulfide) groups is 1. The van der Waals surface area contributed by atoms with E-state index in [1.807, 2.05) is 19.9 Å². The fourth-order valence-corrected chi connectivity index (χ4v) is 2.19. The highest BCUT2D eigenvalue weighted by molar-refractivity contribution is 7.99. The number of aryl methyl sites for hydroxylation is 2. The van der Waals surface area contributed by atoms with Gasteiger partial charge in [-0.3, -0.25) is 4.79 Å². The molecule has 0 saturated carbocycles. The summed E-state index contributed by atoms with van der Waals surface area (Å²) < 4.78 is 5.73. The van der Waals surface area contributed by atoms with Crippen LogP contribution in [0.1, 0.15) is 24.5 Å². The van der Waals surface area contributed by atoms with Gasteiger partial charge >= 0.3 is 0 Å². The van der Waals surface area contributed by atoms with Gasteiger partial charge in [-0.05, 0) is 37.5 Å². The number of rotatable bonds is 8. The number of hydrogen-bond donors (Lipinski definition) is 1. The second kappa shape index (κ2) is 8.86. The lowest BCUT2D eigenvalue weighted by molar-refractivity contribution is -0.118. The largest absolute Gasteiger partial charge is 0.492 e. The van der Waals surface area contributed by atoms with Gasteiger partial charge < -0.3 is 10.1 Å². The molecule has 0 aliphatic rings. The number of carbonyl (C=O) groups is 1. The van der Waals surface area contributed by atoms with Crippen LogP contribution in [0.15, 0.2) is 18.2 Å². The highest BCUT2D eigenvalue weighted by atomic mass is 32.2. The summed E-state index contributed by atoms with van der Waals surface area (Å²) in [4.78, 5) is 11.4. The molecule has 1 rings (SSSR count). The first kappa shape index (κ1) is 15.9. The van der Waals surface area contributed by atoms with E-state index >= 15 is 0 Å². The molecule has 0 aliphatic heterocycles. The fourth-order valence-electron chi connectivity index (χ4n) is 1.55. The average Bonchev–Trinajstić information content (AvgIpc) is 2.39. The van der Waals surface area contributed by atoms with Gasteiger partial charge in [-0.15, -0.1) is 11.8 Å². The van der Waals surface area contributed by atoms with Crippen molar-refractivity contribution in [2.75, 3.05) is 24.7 Å². The van der Waals surface area contributed by atoms with E-state index in [2.05, 4.69) is 24.4 Å². The molecule has 4 heteroatoms. The molecule has 0 unspecified atom stereocenters. The van der Waals surface area contributed by atoms with Gasteiger partial charge in [-0.25, -0.2) is 0 Å². The maximum atomic E-state index is 11.4. The lowest BCUT2D eigenvalue weighted by Gasteiger charge is -2.09. The summed E-state index contributed by atoms with van der Waals surface area (Å²) in [5, 5.41) is 2.86. The molecule has 0 saturated heterocycles. The average molecular weight is 281 g/mol. The zero-order chi connectivity index (χ0) is 14.1. The van der Waals surface area contributed by atoms with E-state index in [1.165, 1.54) is 5.56 Å². The minimum absolute atomic E-state index is 0.110. The number of amides is 1. The van der Waals surface area contributed by atoms with Gasteiger partial charge in [0.15, 0.2) is 0 Å². The Bertz CT molecular complexity index is 407. The Morgan fingerprint density at radius 2 is 2.16 bits per heavy atom. The lowest BCUT2D eigenvalue weighted by Crippen LogP contribution is -2.26. The van der Waals surface area contributed by atoms with Crippen molar-refractivity contribution in [3.63, 3.8) is 0 Å². The van der Waals surface area contributed by atoms with Crippen LogP contribution in [0.25, 0.3) is 0 Å². The van der Waals surface area contributed by atoms with Crippen molar-refractivity contribution >= 4 is 17.7 Å². The molecule has 0 aromatic heterocycles. The first-order valence-electron chi connectivity index (χ1n) is 6.68. The molecule has 0 heterocycles. The van der Waals surface area contributed by atoms with E-state index in [4.69, 9.17) is 4.74 Å². The topological polar surface area (TPSA) is 38.3 Å². The molecule has 3 nitrogen and oxygen atoms in total. The maximum Gasteiger partial charge on any atom is 0.229 e. The monoisotopic (exact) mass is 281 g/mol. The fraction of sp³-hybridized carbons (Fsp3) is 0.533. The van der Waals surface area contributed by atoms with E-state index in [0.29, 0.717) is 12.4 Å². The Labute approximate surface area is 120 Å². The Morgan fingerprint density at radius 1 is 1.37 bits per heavy atom. The van der Waals surface area contributed by atoms with Crippen LogP contribution in [0.2, 0.25) is 0 Å². The maximum absolute atomic E-state index is 11.4. The Balaban J connectivity index is 2.17. The molecule has 0 radical (unpaired) electrons. The molecule has 1 amide bonds. The summed E-state index contributed by atoms with van der Waals surface area (Å²) in [6.45, 7) is 7.54. The molecule has 1 N–H and O–H groups in total. The van der Waals surface area contributed by atoms with Crippen LogP contribution in [0.4, 0.5) is 0 Å². The van der Waals surface area contributed by atoms with Crippen LogP contribution in [0.5, 0.6) is 5.75 Å². The first-order valence-corrected chi connectivity index (χ1v) is 7.83. The third-order valence-electron chi connectivity index (χ3n) is 2.63. The van der Waals surface area contributed by atoms with Crippen molar-refractivity contribution in [3.05, 3.63) is 29.3 Å². The summed E-state index contributed by atoms with van der Waals surface area (Å²) in [6, 6.07) is 6.19. The van der Waals surface area contributed by atoms with E-state index < -0.39 is 0 Å². The van der Waals surface area contributed by atoms with E-state index in [0.717, 1.165) is 30.0 Å². The normalized spacial score (nSPS) is 10.3. The highest BCUT2D eigenvalue weighted by Crippen LogP contribution is 2.19. The summed E-state index contributed by atoms with van der Waals surface area (Å²) in [7, 11) is 0. The van der Waals surface area contributed by atoms with Crippen LogP contribution in [-0.2, 0) is 4.79 Å². The standard InChI is InChI=1S/C15H23NO2S/c1-4-7-16-15(17)11-19-9-8-18-14-10-12(2)5-6-13(14)3/h5-6,10H,4,7-9,11H2,1-3H3,(H,16,17). The Kier molecular flexibility index (Phi) is 7.41. The van der Waals surface area contributed by atoms with Gasteiger partial charge in [0.1, 0.15) is 5.75 Å². The molecule has 106 valence electrons. The van der Waals surface area contributed by atoms with Gasteiger partial charge in [0.2, 0.25) is 5.91 Å². The summed E-state index contributed by atoms with van der Waals surface area (Å²) in [6.07, 6.45) is 0.978. The molecule has 1 aromatic carbocycles. The third-order valence-corrected chi connectivity index (χ3v) is 3.56. The zero-order valence-electron chi connectivity index (χ0n) is 12.0. The number of hydrogen-bond acceptors (Lipinski definition) is 3. The highest BCUT2D eigenvalue weighted by Gasteiger charge is 2.02. The van der Waals surface area contributed by atoms with Gasteiger partial charge in [0.05, 0.1) is 12.4 Å². The third kappa shape index (κ3) is 6.53. The van der Waals surface area contributed by atoms with Gasteiger partial charge in [-0.1, -0.05) is 19.1 Å². The number of carbonyl (C=O) groups excluding carboxylic acids is 1. The Hall–Kier alpha value is -1.16. The number of nitrogens with one attached hydrogen (secondary N) is 1. The van der Waals surface area contributed by atoms with Crippen LogP contribution >= 0.6 is 11.8 Å². The summed E-state index contributed by atoms with van der Waals surface area (Å²) in [5.41, 5.74) is 2.35. The SMILES string of the molecule is CCCNC(=O)CSCCOc1cc(C)ccc1C. The van der Waals surface area contributed by atoms with Crippen molar-refractivity contribution in [2.24, 2.45) is 0 Å². The quantitative estimate of drug-likeness (QED) is 0.745. The van der Waals surface area contributed by atoms with Crippen LogP contribution < -0.4 is 10.1 Å². The van der Waals surface area contributed by atoms with Crippen molar-refractivity contribution in [3.8, 4) is 5.75 Å². The molecular formula is C15H23NO2S. The molecule has 0 spiro atoms. The van der Waals surface area contributed by atoms with Gasteiger partial charge in [-0.2, -0.15) is 0 Å². The van der Waals surface area contributed by atoms with E-state index in [-0.39, 0.29) is 5.91 Å². The summed E-state index contributed by atoms with van der Waals surface area (Å²) in [5.74, 6) is 2.39. The molecular weight excluding hydrogens is 258 g/mol. The molecule has 0 aliphatic carbocycles. The number of ether oxygens (including phenoxy) is 1. The van der Waals surface area contributed by atoms with Crippen molar-refractivity contribution in [1.29, 1.82) is 0 Å². The second-order valence-corrected chi connectivity index (χ2v) is 5.63. The molecule has 19 heavy (non-hydrogen) atoms. The minimum atomic E-state index is 0.110. The zero-order valence-corrected chi connectivity index (χ0v) is 12.8. The lowest BCUT2D eigenvalue weighted by atomic mass is 10.1. The van der Waals surface area contributed by atoms with Crippen molar-refractivity contribution in [1.82, 2.24) is 5.32 Å². The molecule has 0 bridgehead atoms. The predicted octanol–water partition coefficient (Wildman–Crippen LogP) is 2.94. The summed E-state index contributed by atoms with van der Waals surface area (Å²) >= 11 is 1.60. The van der Waals surface area contributed by atoms with Crippen molar-refractivity contribution < 1.29 is 9.53 Å². The molecule has 1 aromatic rings. The van der Waals surface area contributed by atoms with Crippen LogP contribution in [0, 0.1) is 13.8 Å². The number of benzene rings is 1. The predicted molar refractivity (Wildman–Crippen MR) is 82.0 cm³/mol. The van der Waals surface area contributed by atoms with Crippen LogP contribution in [-0.4, -0.2) is 30.6 Å². The van der Waals surface area contributed by atoms with Crippen molar-refractivity contribution in [2.45, 2.75) is 27.2 Å². The van der Waals surface area contributed by atoms with Gasteiger partial charge in [0.25, 0.3) is 0 Å². The van der Waals surface area contributed by atoms with Gasteiger partial charge in [0, 0.05) is 12.3 Å². The van der Waals surface area contributed by atoms with Crippen LogP contribution in [0.3, 0.4) is 0 Å². The minimum Gasteiger partial charge on any atom is -0.492 e. The van der Waals surface area contributed by atoms with E-state index in [1.54, 1.807) is 11.8 Å². The van der Waals surface area contributed by atoms with E-state index in [9.17, 15) is 4.79 Å².